The van der Waals surface area contributed by atoms with Crippen LogP contribution in [-0.2, 0) is 4.79 Å². The number of hydrogen-bond acceptors (Lipinski definition) is 5. The summed E-state index contributed by atoms with van der Waals surface area (Å²) in [5.41, 5.74) is 2.83. The molecule has 6 heteroatoms. The molecule has 0 atom stereocenters. The number of thiazole rings is 1. The second kappa shape index (κ2) is 11.3. The molecule has 0 aliphatic heterocycles. The SMILES string of the molecule is COc1ccc(-c2csc(NC(=O)/C=C\c3ccc(SCC4CCCCC4)cc3)n2)cc1. The molecule has 2 aromatic carbocycles. The van der Waals surface area contributed by atoms with Crippen molar-refractivity contribution in [3.63, 3.8) is 0 Å². The van der Waals surface area contributed by atoms with Crippen LogP contribution in [0.1, 0.15) is 37.7 Å². The Kier molecular flexibility index (Phi) is 8.02. The van der Waals surface area contributed by atoms with Crippen molar-refractivity contribution in [2.75, 3.05) is 18.2 Å². The predicted molar refractivity (Wildman–Crippen MR) is 136 cm³/mol. The lowest BCUT2D eigenvalue weighted by atomic mass is 9.91. The summed E-state index contributed by atoms with van der Waals surface area (Å²) in [6.45, 7) is 0. The number of carbonyl (C=O) groups is 1. The van der Waals surface area contributed by atoms with Crippen LogP contribution in [0.25, 0.3) is 17.3 Å². The van der Waals surface area contributed by atoms with Gasteiger partial charge in [0, 0.05) is 27.7 Å². The van der Waals surface area contributed by atoms with E-state index in [9.17, 15) is 4.79 Å². The van der Waals surface area contributed by atoms with Crippen LogP contribution in [0.2, 0.25) is 0 Å². The summed E-state index contributed by atoms with van der Waals surface area (Å²) in [5.74, 6) is 2.70. The lowest BCUT2D eigenvalue weighted by Crippen LogP contribution is -2.08. The number of aromatic nitrogens is 1. The van der Waals surface area contributed by atoms with E-state index >= 15 is 0 Å². The molecule has 1 aromatic heterocycles. The van der Waals surface area contributed by atoms with Gasteiger partial charge in [-0.2, -0.15) is 0 Å². The molecule has 4 nitrogen and oxygen atoms in total. The zero-order chi connectivity index (χ0) is 22.2. The molecule has 1 fully saturated rings. The van der Waals surface area contributed by atoms with Crippen LogP contribution in [0, 0.1) is 5.92 Å². The van der Waals surface area contributed by atoms with Crippen LogP contribution in [0.4, 0.5) is 5.13 Å². The Morgan fingerprint density at radius 3 is 2.59 bits per heavy atom. The molecule has 32 heavy (non-hydrogen) atoms. The van der Waals surface area contributed by atoms with Gasteiger partial charge < -0.3 is 4.74 Å². The molecule has 0 radical (unpaired) electrons. The average molecular weight is 465 g/mol. The predicted octanol–water partition coefficient (Wildman–Crippen LogP) is 7.14. The van der Waals surface area contributed by atoms with E-state index in [1.165, 1.54) is 54.1 Å². The fourth-order valence-electron chi connectivity index (χ4n) is 3.79. The van der Waals surface area contributed by atoms with Crippen LogP contribution < -0.4 is 10.1 Å². The van der Waals surface area contributed by atoms with Crippen molar-refractivity contribution >= 4 is 40.2 Å². The van der Waals surface area contributed by atoms with Gasteiger partial charge in [0.2, 0.25) is 5.91 Å². The Balaban J connectivity index is 1.27. The standard InChI is InChI=1S/C26H28N2O2S2/c1-30-22-12-10-21(11-13-22)24-18-32-26(27-24)28-25(29)16-9-19-7-14-23(15-8-19)31-17-20-5-3-2-4-6-20/h7-16,18,20H,2-6,17H2,1H3,(H,27,28,29)/b16-9-. The third kappa shape index (κ3) is 6.47. The number of methoxy groups -OCH3 is 1. The summed E-state index contributed by atoms with van der Waals surface area (Å²) in [5, 5.41) is 5.36. The summed E-state index contributed by atoms with van der Waals surface area (Å²) in [7, 11) is 1.64. The van der Waals surface area contributed by atoms with E-state index < -0.39 is 0 Å². The molecule has 3 aromatic rings. The minimum atomic E-state index is -0.184. The summed E-state index contributed by atoms with van der Waals surface area (Å²) in [6.07, 6.45) is 10.3. The molecule has 1 aliphatic carbocycles. The third-order valence-electron chi connectivity index (χ3n) is 5.64. The number of amides is 1. The second-order valence-corrected chi connectivity index (χ2v) is 9.92. The van der Waals surface area contributed by atoms with Gasteiger partial charge in [0.25, 0.3) is 0 Å². The maximum Gasteiger partial charge on any atom is 0.250 e. The fraction of sp³-hybridized carbons (Fsp3) is 0.308. The van der Waals surface area contributed by atoms with Gasteiger partial charge in [-0.25, -0.2) is 4.98 Å². The van der Waals surface area contributed by atoms with E-state index in [0.717, 1.165) is 28.5 Å². The minimum Gasteiger partial charge on any atom is -0.497 e. The highest BCUT2D eigenvalue weighted by atomic mass is 32.2. The molecule has 1 aliphatic rings. The lowest BCUT2D eigenvalue weighted by Gasteiger charge is -2.20. The van der Waals surface area contributed by atoms with Gasteiger partial charge >= 0.3 is 0 Å². The van der Waals surface area contributed by atoms with Crippen LogP contribution in [-0.4, -0.2) is 23.8 Å². The van der Waals surface area contributed by atoms with Gasteiger partial charge in [0.15, 0.2) is 5.13 Å². The molecular formula is C26H28N2O2S2. The number of hydrogen-bond donors (Lipinski definition) is 1. The average Bonchev–Trinajstić information content (AvgIpc) is 3.31. The minimum absolute atomic E-state index is 0.184. The second-order valence-electron chi connectivity index (χ2n) is 7.97. The first-order valence-corrected chi connectivity index (χ1v) is 12.9. The molecule has 1 amide bonds. The first-order valence-electron chi connectivity index (χ1n) is 11.0. The van der Waals surface area contributed by atoms with E-state index in [4.69, 9.17) is 4.74 Å². The Hall–Kier alpha value is -2.57. The molecule has 1 saturated carbocycles. The number of nitrogens with zero attached hydrogens (tertiary/aromatic N) is 1. The molecule has 1 N–H and O–H groups in total. The smallest absolute Gasteiger partial charge is 0.250 e. The van der Waals surface area contributed by atoms with E-state index in [1.807, 2.05) is 47.5 Å². The van der Waals surface area contributed by atoms with Gasteiger partial charge in [-0.05, 0) is 66.8 Å². The van der Waals surface area contributed by atoms with E-state index in [-0.39, 0.29) is 5.91 Å². The monoisotopic (exact) mass is 464 g/mol. The summed E-state index contributed by atoms with van der Waals surface area (Å²) in [4.78, 5) is 18.1. The molecule has 166 valence electrons. The number of ether oxygens (including phenoxy) is 1. The van der Waals surface area contributed by atoms with Crippen molar-refractivity contribution in [1.82, 2.24) is 4.98 Å². The van der Waals surface area contributed by atoms with Gasteiger partial charge in [-0.15, -0.1) is 23.1 Å². The quantitative estimate of drug-likeness (QED) is 0.284. The van der Waals surface area contributed by atoms with Crippen molar-refractivity contribution in [2.24, 2.45) is 5.92 Å². The number of anilines is 1. The van der Waals surface area contributed by atoms with Crippen molar-refractivity contribution < 1.29 is 9.53 Å². The molecule has 1 heterocycles. The van der Waals surface area contributed by atoms with Gasteiger partial charge in [0.1, 0.15) is 5.75 Å². The van der Waals surface area contributed by atoms with Crippen LogP contribution in [0.3, 0.4) is 0 Å². The first kappa shape index (κ1) is 22.6. The normalized spacial score (nSPS) is 14.5. The Morgan fingerprint density at radius 1 is 1.12 bits per heavy atom. The fourth-order valence-corrected chi connectivity index (χ4v) is 5.60. The maximum atomic E-state index is 12.3. The third-order valence-corrected chi connectivity index (χ3v) is 7.64. The van der Waals surface area contributed by atoms with E-state index in [1.54, 1.807) is 13.2 Å². The molecule has 0 unspecified atom stereocenters. The van der Waals surface area contributed by atoms with Crippen molar-refractivity contribution in [3.8, 4) is 17.0 Å². The number of nitrogens with one attached hydrogen (secondary N) is 1. The van der Waals surface area contributed by atoms with Crippen LogP contribution in [0.5, 0.6) is 5.75 Å². The Bertz CT molecular complexity index is 1040. The molecule has 0 bridgehead atoms. The van der Waals surface area contributed by atoms with Crippen LogP contribution in [0.15, 0.2) is 64.9 Å². The largest absolute Gasteiger partial charge is 0.497 e. The highest BCUT2D eigenvalue weighted by molar-refractivity contribution is 7.99. The molecular weight excluding hydrogens is 436 g/mol. The molecule has 4 rings (SSSR count). The van der Waals surface area contributed by atoms with Gasteiger partial charge in [0.05, 0.1) is 12.8 Å². The topological polar surface area (TPSA) is 51.2 Å². The van der Waals surface area contributed by atoms with E-state index in [0.29, 0.717) is 5.13 Å². The first-order chi connectivity index (χ1) is 15.7. The zero-order valence-corrected chi connectivity index (χ0v) is 19.9. The Labute approximate surface area is 198 Å². The van der Waals surface area contributed by atoms with Crippen LogP contribution >= 0.6 is 23.1 Å². The zero-order valence-electron chi connectivity index (χ0n) is 18.3. The molecule has 0 saturated heterocycles. The number of thioether (sulfide) groups is 1. The van der Waals surface area contributed by atoms with Crippen molar-refractivity contribution in [3.05, 3.63) is 65.6 Å². The summed E-state index contributed by atoms with van der Waals surface area (Å²) < 4.78 is 5.19. The maximum absolute atomic E-state index is 12.3. The van der Waals surface area contributed by atoms with Gasteiger partial charge in [-0.3, -0.25) is 10.1 Å². The summed E-state index contributed by atoms with van der Waals surface area (Å²) in [6, 6.07) is 16.1. The highest BCUT2D eigenvalue weighted by Gasteiger charge is 2.13. The summed E-state index contributed by atoms with van der Waals surface area (Å²) >= 11 is 3.36. The van der Waals surface area contributed by atoms with E-state index in [2.05, 4.69) is 34.6 Å². The van der Waals surface area contributed by atoms with Crippen molar-refractivity contribution in [2.45, 2.75) is 37.0 Å². The Morgan fingerprint density at radius 2 is 1.88 bits per heavy atom. The number of rotatable bonds is 8. The highest BCUT2D eigenvalue weighted by Crippen LogP contribution is 2.30. The number of carbonyl (C=O) groups excluding carboxylic acids is 1. The van der Waals surface area contributed by atoms with Gasteiger partial charge in [-0.1, -0.05) is 31.4 Å². The molecule has 0 spiro atoms. The van der Waals surface area contributed by atoms with Crippen molar-refractivity contribution in [1.29, 1.82) is 0 Å². The number of benzene rings is 2. The lowest BCUT2D eigenvalue weighted by molar-refractivity contribution is -0.111.